The average molecular weight is 315 g/mol. The van der Waals surface area contributed by atoms with Crippen LogP contribution in [0.4, 0.5) is 0 Å². The van der Waals surface area contributed by atoms with Gasteiger partial charge in [0.1, 0.15) is 17.1 Å². The summed E-state index contributed by atoms with van der Waals surface area (Å²) in [6, 6.07) is 5.90. The molecule has 0 radical (unpaired) electrons. The molecule has 0 fully saturated rings. The van der Waals surface area contributed by atoms with Crippen LogP contribution in [0.1, 0.15) is 12.2 Å². The third kappa shape index (κ3) is 3.33. The van der Waals surface area contributed by atoms with Crippen molar-refractivity contribution < 1.29 is 8.95 Å². The molecule has 2 aromatic rings. The fourth-order valence-corrected chi connectivity index (χ4v) is 2.99. The first-order chi connectivity index (χ1) is 9.67. The number of nitrogens with zero attached hydrogens (tertiary/aromatic N) is 2. The Morgan fingerprint density at radius 1 is 1.45 bits per heavy atom. The average Bonchev–Trinajstić information content (AvgIpc) is 2.77. The number of rotatable bonds is 7. The van der Waals surface area contributed by atoms with Crippen LogP contribution in [0.25, 0.3) is 11.0 Å². The molecule has 0 spiro atoms. The van der Waals surface area contributed by atoms with E-state index in [9.17, 15) is 4.21 Å². The van der Waals surface area contributed by atoms with Crippen LogP contribution < -0.4 is 4.74 Å². The molecule has 1 unspecified atom stereocenters. The van der Waals surface area contributed by atoms with E-state index in [1.807, 2.05) is 18.2 Å². The van der Waals surface area contributed by atoms with Crippen molar-refractivity contribution in [1.29, 1.82) is 0 Å². The summed E-state index contributed by atoms with van der Waals surface area (Å²) in [5.74, 6) is 2.97. The predicted molar refractivity (Wildman–Crippen MR) is 84.3 cm³/mol. The van der Waals surface area contributed by atoms with Crippen molar-refractivity contribution in [3.05, 3.63) is 24.0 Å². The Hall–Kier alpha value is -1.07. The van der Waals surface area contributed by atoms with E-state index in [0.29, 0.717) is 18.1 Å². The van der Waals surface area contributed by atoms with E-state index < -0.39 is 10.8 Å². The van der Waals surface area contributed by atoms with E-state index in [1.165, 1.54) is 0 Å². The second-order valence-corrected chi connectivity index (χ2v) is 6.51. The van der Waals surface area contributed by atoms with Crippen molar-refractivity contribution in [2.45, 2.75) is 19.4 Å². The molecular weight excluding hydrogens is 296 g/mol. The zero-order valence-corrected chi connectivity index (χ0v) is 13.3. The van der Waals surface area contributed by atoms with Gasteiger partial charge in [-0.2, -0.15) is 0 Å². The molecule has 0 N–H and O–H groups in total. The van der Waals surface area contributed by atoms with Crippen molar-refractivity contribution in [1.82, 2.24) is 9.55 Å². The van der Waals surface area contributed by atoms with Gasteiger partial charge in [0.15, 0.2) is 0 Å². The lowest BCUT2D eigenvalue weighted by atomic mass is 10.3. The highest BCUT2D eigenvalue weighted by molar-refractivity contribution is 7.84. The number of aryl methyl sites for hydroxylation is 2. The Morgan fingerprint density at radius 3 is 2.90 bits per heavy atom. The lowest BCUT2D eigenvalue weighted by molar-refractivity contribution is 0.419. The molecule has 110 valence electrons. The van der Waals surface area contributed by atoms with Crippen molar-refractivity contribution in [3.63, 3.8) is 0 Å². The minimum atomic E-state index is -0.762. The molecule has 1 aromatic heterocycles. The van der Waals surface area contributed by atoms with E-state index in [0.717, 1.165) is 35.6 Å². The fourth-order valence-electron chi connectivity index (χ4n) is 2.28. The topological polar surface area (TPSA) is 44.1 Å². The molecule has 0 bridgehead atoms. The summed E-state index contributed by atoms with van der Waals surface area (Å²) in [5.41, 5.74) is 1.92. The molecule has 0 aliphatic carbocycles. The van der Waals surface area contributed by atoms with Crippen LogP contribution in [-0.4, -0.2) is 38.8 Å². The zero-order valence-electron chi connectivity index (χ0n) is 11.8. The van der Waals surface area contributed by atoms with Crippen LogP contribution in [0.2, 0.25) is 0 Å². The highest BCUT2D eigenvalue weighted by Gasteiger charge is 2.13. The Morgan fingerprint density at radius 2 is 2.25 bits per heavy atom. The lowest BCUT2D eigenvalue weighted by Gasteiger charge is -2.08. The summed E-state index contributed by atoms with van der Waals surface area (Å²) >= 11 is 5.86. The highest BCUT2D eigenvalue weighted by atomic mass is 35.5. The minimum absolute atomic E-state index is 0.533. The molecular formula is C14H19ClN2O2S. The Kier molecular flexibility index (Phi) is 5.43. The van der Waals surface area contributed by atoms with Crippen LogP contribution in [0.3, 0.4) is 0 Å². The summed E-state index contributed by atoms with van der Waals surface area (Å²) in [4.78, 5) is 4.65. The van der Waals surface area contributed by atoms with Gasteiger partial charge in [0.25, 0.3) is 0 Å². The van der Waals surface area contributed by atoms with E-state index in [4.69, 9.17) is 16.3 Å². The van der Waals surface area contributed by atoms with E-state index >= 15 is 0 Å². The summed E-state index contributed by atoms with van der Waals surface area (Å²) in [6.07, 6.45) is 3.31. The van der Waals surface area contributed by atoms with Gasteiger partial charge in [0, 0.05) is 41.7 Å². The van der Waals surface area contributed by atoms with E-state index in [1.54, 1.807) is 13.4 Å². The second-order valence-electron chi connectivity index (χ2n) is 4.58. The number of hydrogen-bond acceptors (Lipinski definition) is 3. The van der Waals surface area contributed by atoms with Crippen molar-refractivity contribution >= 4 is 33.4 Å². The molecule has 0 aliphatic rings. The van der Waals surface area contributed by atoms with Gasteiger partial charge in [0.05, 0.1) is 12.6 Å². The first-order valence-electron chi connectivity index (χ1n) is 6.55. The van der Waals surface area contributed by atoms with Gasteiger partial charge in [-0.15, -0.1) is 11.6 Å². The van der Waals surface area contributed by atoms with Crippen LogP contribution in [0.5, 0.6) is 5.75 Å². The minimum Gasteiger partial charge on any atom is -0.494 e. The van der Waals surface area contributed by atoms with Gasteiger partial charge in [-0.1, -0.05) is 6.07 Å². The molecule has 2 rings (SSSR count). The standard InChI is InChI=1S/C14H19ClN2O2S/c1-19-12-6-3-5-11-14(12)16-13(7-8-15)17(11)9-4-10-20(2)18/h3,5-6H,4,7-10H2,1-2H3. The Bertz CT molecular complexity index is 612. The monoisotopic (exact) mass is 314 g/mol. The summed E-state index contributed by atoms with van der Waals surface area (Å²) < 4.78 is 18.7. The maximum atomic E-state index is 11.2. The number of hydrogen-bond donors (Lipinski definition) is 0. The second kappa shape index (κ2) is 7.09. The Labute approximate surface area is 126 Å². The number of halogens is 1. The van der Waals surface area contributed by atoms with Gasteiger partial charge in [0.2, 0.25) is 0 Å². The van der Waals surface area contributed by atoms with Crippen LogP contribution in [0.15, 0.2) is 18.2 Å². The number of benzene rings is 1. The van der Waals surface area contributed by atoms with Crippen LogP contribution >= 0.6 is 11.6 Å². The maximum Gasteiger partial charge on any atom is 0.146 e. The third-order valence-electron chi connectivity index (χ3n) is 3.17. The number of para-hydroxylation sites is 1. The summed E-state index contributed by atoms with van der Waals surface area (Å²) in [6.45, 7) is 0.801. The number of imidazole rings is 1. The van der Waals surface area contributed by atoms with Crippen LogP contribution in [0, 0.1) is 0 Å². The summed E-state index contributed by atoms with van der Waals surface area (Å²) in [7, 11) is 0.886. The molecule has 1 aromatic carbocycles. The molecule has 6 heteroatoms. The maximum absolute atomic E-state index is 11.2. The lowest BCUT2D eigenvalue weighted by Crippen LogP contribution is -2.07. The van der Waals surface area contributed by atoms with Crippen LogP contribution in [-0.2, 0) is 23.8 Å². The third-order valence-corrected chi connectivity index (χ3v) is 4.23. The molecule has 0 saturated heterocycles. The number of ether oxygens (including phenoxy) is 1. The molecule has 1 atom stereocenters. The molecule has 0 amide bonds. The highest BCUT2D eigenvalue weighted by Crippen LogP contribution is 2.26. The number of methoxy groups -OCH3 is 1. The van der Waals surface area contributed by atoms with Crippen molar-refractivity contribution in [2.24, 2.45) is 0 Å². The van der Waals surface area contributed by atoms with Gasteiger partial charge in [-0.3, -0.25) is 4.21 Å². The zero-order chi connectivity index (χ0) is 14.5. The number of aromatic nitrogens is 2. The fraction of sp³-hybridized carbons (Fsp3) is 0.500. The van der Waals surface area contributed by atoms with Gasteiger partial charge < -0.3 is 9.30 Å². The van der Waals surface area contributed by atoms with Gasteiger partial charge in [-0.05, 0) is 18.6 Å². The molecule has 1 heterocycles. The number of alkyl halides is 1. The first-order valence-corrected chi connectivity index (χ1v) is 8.81. The van der Waals surface area contributed by atoms with Gasteiger partial charge >= 0.3 is 0 Å². The summed E-state index contributed by atoms with van der Waals surface area (Å²) in [5, 5.41) is 0. The molecule has 0 saturated carbocycles. The molecule has 0 aliphatic heterocycles. The van der Waals surface area contributed by atoms with Crippen molar-refractivity contribution in [2.75, 3.05) is 25.0 Å². The number of fused-ring (bicyclic) bond motifs is 1. The largest absolute Gasteiger partial charge is 0.494 e. The van der Waals surface area contributed by atoms with E-state index in [-0.39, 0.29) is 0 Å². The smallest absolute Gasteiger partial charge is 0.146 e. The molecule has 20 heavy (non-hydrogen) atoms. The van der Waals surface area contributed by atoms with Crippen molar-refractivity contribution in [3.8, 4) is 5.75 Å². The first kappa shape index (κ1) is 15.3. The molecule has 4 nitrogen and oxygen atoms in total. The predicted octanol–water partition coefficient (Wildman–Crippen LogP) is 2.59. The Balaban J connectivity index is 2.38. The normalized spacial score (nSPS) is 12.8. The van der Waals surface area contributed by atoms with Gasteiger partial charge in [-0.25, -0.2) is 4.98 Å². The SMILES string of the molecule is COc1cccc2c1nc(CCCl)n2CCCS(C)=O. The van der Waals surface area contributed by atoms with E-state index in [2.05, 4.69) is 9.55 Å². The quantitative estimate of drug-likeness (QED) is 0.738.